The van der Waals surface area contributed by atoms with Crippen molar-refractivity contribution in [3.63, 3.8) is 0 Å². The van der Waals surface area contributed by atoms with Gasteiger partial charge in [-0.2, -0.15) is 0 Å². The molecule has 0 saturated heterocycles. The number of hydrogen-bond acceptors (Lipinski definition) is 2. The summed E-state index contributed by atoms with van der Waals surface area (Å²) >= 11 is 5.62. The van der Waals surface area contributed by atoms with Crippen LogP contribution in [0.3, 0.4) is 0 Å². The second-order valence-electron chi connectivity index (χ2n) is 2.53. The van der Waals surface area contributed by atoms with Crippen LogP contribution in [0.15, 0.2) is 29.4 Å². The van der Waals surface area contributed by atoms with E-state index in [-0.39, 0.29) is 5.75 Å². The first-order valence-corrected chi connectivity index (χ1v) is 4.28. The molecule has 0 bridgehead atoms. The molecule has 4 nitrogen and oxygen atoms in total. The van der Waals surface area contributed by atoms with Gasteiger partial charge in [-0.1, -0.05) is 34.9 Å². The molecule has 14 heavy (non-hydrogen) atoms. The van der Waals surface area contributed by atoms with Gasteiger partial charge in [0.05, 0.1) is 5.02 Å². The van der Waals surface area contributed by atoms with E-state index < -0.39 is 0 Å². The maximum Gasteiger partial charge on any atom is 0.134 e. The van der Waals surface area contributed by atoms with Crippen LogP contribution in [0.4, 0.5) is 0 Å². The van der Waals surface area contributed by atoms with Gasteiger partial charge in [0, 0.05) is 11.5 Å². The molecule has 72 valence electrons. The Morgan fingerprint density at radius 2 is 2.36 bits per heavy atom. The van der Waals surface area contributed by atoms with Crippen molar-refractivity contribution in [2.45, 2.75) is 0 Å². The van der Waals surface area contributed by atoms with Crippen molar-refractivity contribution >= 4 is 17.7 Å². The van der Waals surface area contributed by atoms with Crippen LogP contribution >= 0.6 is 11.6 Å². The normalized spacial score (nSPS) is 10.1. The Labute approximate surface area is 86.1 Å². The Morgan fingerprint density at radius 1 is 1.57 bits per heavy atom. The van der Waals surface area contributed by atoms with Crippen molar-refractivity contribution in [3.8, 4) is 5.75 Å². The monoisotopic (exact) mass is 209 g/mol. The van der Waals surface area contributed by atoms with E-state index >= 15 is 0 Å². The molecule has 0 spiro atoms. The maximum absolute atomic E-state index is 9.26. The average molecular weight is 210 g/mol. The molecule has 0 aliphatic rings. The molecule has 0 atom stereocenters. The lowest BCUT2D eigenvalue weighted by Gasteiger charge is -1.97. The predicted molar refractivity (Wildman–Crippen MR) is 56.2 cm³/mol. The molecule has 1 aromatic carbocycles. The third-order valence-electron chi connectivity index (χ3n) is 1.53. The lowest BCUT2D eigenvalue weighted by Crippen LogP contribution is -1.74. The number of phenols is 1. The highest BCUT2D eigenvalue weighted by Crippen LogP contribution is 2.24. The second-order valence-corrected chi connectivity index (χ2v) is 2.93. The van der Waals surface area contributed by atoms with Gasteiger partial charge < -0.3 is 5.11 Å². The molecule has 0 aliphatic carbocycles. The van der Waals surface area contributed by atoms with Crippen LogP contribution in [0.1, 0.15) is 5.56 Å². The second kappa shape index (κ2) is 5.17. The van der Waals surface area contributed by atoms with Crippen molar-refractivity contribution in [2.24, 2.45) is 5.11 Å². The molecule has 0 radical (unpaired) electrons. The number of nitrogens with zero attached hydrogens (tertiary/aromatic N) is 3. The van der Waals surface area contributed by atoms with Gasteiger partial charge >= 0.3 is 0 Å². The van der Waals surface area contributed by atoms with Gasteiger partial charge in [0.15, 0.2) is 0 Å². The zero-order chi connectivity index (χ0) is 10.4. The molecule has 0 heterocycles. The van der Waals surface area contributed by atoms with Gasteiger partial charge in [0.25, 0.3) is 0 Å². The van der Waals surface area contributed by atoms with Crippen molar-refractivity contribution < 1.29 is 5.11 Å². The zero-order valence-corrected chi connectivity index (χ0v) is 8.02. The Balaban J connectivity index is 2.72. The molecular weight excluding hydrogens is 202 g/mol. The Bertz CT molecular complexity index is 397. The summed E-state index contributed by atoms with van der Waals surface area (Å²) in [6.07, 6.45) is 3.44. The van der Waals surface area contributed by atoms with E-state index in [1.54, 1.807) is 24.3 Å². The highest BCUT2D eigenvalue weighted by Gasteiger charge is 1.96. The van der Waals surface area contributed by atoms with Gasteiger partial charge in [0.1, 0.15) is 5.75 Å². The van der Waals surface area contributed by atoms with E-state index in [9.17, 15) is 5.11 Å². The van der Waals surface area contributed by atoms with Crippen molar-refractivity contribution in [2.75, 3.05) is 6.54 Å². The average Bonchev–Trinajstić information content (AvgIpc) is 2.18. The molecule has 1 aromatic rings. The Morgan fingerprint density at radius 3 is 3.00 bits per heavy atom. The van der Waals surface area contributed by atoms with Crippen molar-refractivity contribution in [3.05, 3.63) is 45.3 Å². The van der Waals surface area contributed by atoms with Gasteiger partial charge in [0.2, 0.25) is 0 Å². The summed E-state index contributed by atoms with van der Waals surface area (Å²) in [5, 5.41) is 12.9. The van der Waals surface area contributed by atoms with E-state index in [4.69, 9.17) is 17.1 Å². The standard InChI is InChI=1S/C9H8ClN3O/c10-8-4-3-7(6-9(8)14)2-1-5-12-13-11/h1-4,6,14H,5H2. The molecule has 1 rings (SSSR count). The first kappa shape index (κ1) is 10.4. The maximum atomic E-state index is 9.26. The third kappa shape index (κ3) is 3.01. The van der Waals surface area contributed by atoms with Crippen LogP contribution < -0.4 is 0 Å². The number of phenolic OH excluding ortho intramolecular Hbond substituents is 1. The third-order valence-corrected chi connectivity index (χ3v) is 1.85. The first-order chi connectivity index (χ1) is 6.74. The fraction of sp³-hybridized carbons (Fsp3) is 0.111. The fourth-order valence-corrected chi connectivity index (χ4v) is 1.02. The molecular formula is C9H8ClN3O. The van der Waals surface area contributed by atoms with Gasteiger partial charge in [-0.25, -0.2) is 0 Å². The minimum absolute atomic E-state index is 0.0394. The Hall–Kier alpha value is -1.64. The zero-order valence-electron chi connectivity index (χ0n) is 7.26. The molecule has 0 aromatic heterocycles. The van der Waals surface area contributed by atoms with Crippen LogP contribution in [-0.4, -0.2) is 11.7 Å². The summed E-state index contributed by atoms with van der Waals surface area (Å²) in [4.78, 5) is 2.60. The van der Waals surface area contributed by atoms with Crippen LogP contribution in [0.2, 0.25) is 5.02 Å². The molecule has 0 saturated carbocycles. The topological polar surface area (TPSA) is 69.0 Å². The van der Waals surface area contributed by atoms with Crippen molar-refractivity contribution in [1.29, 1.82) is 0 Å². The number of hydrogen-bond donors (Lipinski definition) is 1. The molecule has 0 fully saturated rings. The van der Waals surface area contributed by atoms with Crippen molar-refractivity contribution in [1.82, 2.24) is 0 Å². The van der Waals surface area contributed by atoms with Crippen LogP contribution in [0.5, 0.6) is 5.75 Å². The highest BCUT2D eigenvalue weighted by atomic mass is 35.5. The number of azide groups is 1. The van der Waals surface area contributed by atoms with Crippen LogP contribution in [0, 0.1) is 0 Å². The molecule has 0 aliphatic heterocycles. The molecule has 1 N–H and O–H groups in total. The highest BCUT2D eigenvalue weighted by molar-refractivity contribution is 6.32. The minimum atomic E-state index is 0.0394. The van der Waals surface area contributed by atoms with E-state index in [0.717, 1.165) is 5.56 Å². The van der Waals surface area contributed by atoms with Crippen LogP contribution in [-0.2, 0) is 0 Å². The number of halogens is 1. The summed E-state index contributed by atoms with van der Waals surface area (Å²) in [6, 6.07) is 4.90. The van der Waals surface area contributed by atoms with Gasteiger partial charge in [-0.05, 0) is 23.2 Å². The minimum Gasteiger partial charge on any atom is -0.506 e. The summed E-state index contributed by atoms with van der Waals surface area (Å²) < 4.78 is 0. The van der Waals surface area contributed by atoms with Gasteiger partial charge in [-0.3, -0.25) is 0 Å². The SMILES string of the molecule is [N-]=[N+]=NCC=Cc1ccc(Cl)c(O)c1. The first-order valence-electron chi connectivity index (χ1n) is 3.90. The number of aromatic hydroxyl groups is 1. The lowest BCUT2D eigenvalue weighted by molar-refractivity contribution is 0.475. The molecule has 0 unspecified atom stereocenters. The lowest BCUT2D eigenvalue weighted by atomic mass is 10.2. The fourth-order valence-electron chi connectivity index (χ4n) is 0.906. The van der Waals surface area contributed by atoms with E-state index in [1.807, 2.05) is 0 Å². The smallest absolute Gasteiger partial charge is 0.134 e. The van der Waals surface area contributed by atoms with E-state index in [2.05, 4.69) is 10.0 Å². The number of rotatable bonds is 3. The predicted octanol–water partition coefficient (Wildman–Crippen LogP) is 3.37. The van der Waals surface area contributed by atoms with E-state index in [0.29, 0.717) is 11.6 Å². The summed E-state index contributed by atoms with van der Waals surface area (Å²) in [6.45, 7) is 0.292. The Kier molecular flexibility index (Phi) is 3.85. The molecule has 0 amide bonds. The summed E-state index contributed by atoms with van der Waals surface area (Å²) in [5.41, 5.74) is 8.82. The largest absolute Gasteiger partial charge is 0.506 e. The summed E-state index contributed by atoms with van der Waals surface area (Å²) in [7, 11) is 0. The van der Waals surface area contributed by atoms with E-state index in [1.165, 1.54) is 6.07 Å². The van der Waals surface area contributed by atoms with Gasteiger partial charge in [-0.15, -0.1) is 0 Å². The quantitative estimate of drug-likeness (QED) is 0.463. The number of benzene rings is 1. The molecule has 5 heteroatoms. The van der Waals surface area contributed by atoms with Crippen LogP contribution in [0.25, 0.3) is 16.5 Å². The summed E-state index contributed by atoms with van der Waals surface area (Å²) in [5.74, 6) is 0.0394.